The van der Waals surface area contributed by atoms with E-state index in [1.807, 2.05) is 65.8 Å². The van der Waals surface area contributed by atoms with Crippen LogP contribution in [0.2, 0.25) is 5.02 Å². The Kier molecular flexibility index (Phi) is 21.0. The summed E-state index contributed by atoms with van der Waals surface area (Å²) in [7, 11) is 1.49. The maximum Gasteiger partial charge on any atom is 0.328 e. The lowest BCUT2D eigenvalue weighted by atomic mass is 9.82. The van der Waals surface area contributed by atoms with Gasteiger partial charge in [-0.3, -0.25) is 33.6 Å². The first-order valence-electron chi connectivity index (χ1n) is 24.6. The first kappa shape index (κ1) is 58.0. The number of methoxy groups -OCH3 is 1. The number of benzene rings is 2. The molecule has 0 bridgehead atoms. The van der Waals surface area contributed by atoms with Crippen molar-refractivity contribution in [3.05, 3.63) is 76.3 Å². The number of aryl methyl sites for hydroxylation is 1. The molecule has 2 aliphatic rings. The van der Waals surface area contributed by atoms with Crippen molar-refractivity contribution in [2.24, 2.45) is 28.6 Å². The monoisotopic (exact) mass is 1010 g/mol. The average molecular weight is 1010 g/mol. The number of carboxylic acid groups (broad SMARTS) is 1. The Morgan fingerprint density at radius 3 is 2.18 bits per heavy atom. The van der Waals surface area contributed by atoms with Crippen LogP contribution in [0.25, 0.3) is 0 Å². The van der Waals surface area contributed by atoms with E-state index in [2.05, 4.69) is 21.3 Å². The summed E-state index contributed by atoms with van der Waals surface area (Å²) < 4.78 is 17.8. The van der Waals surface area contributed by atoms with Crippen molar-refractivity contribution < 1.29 is 57.7 Å². The highest BCUT2D eigenvalue weighted by molar-refractivity contribution is 6.32. The Hall–Kier alpha value is -5.61. The summed E-state index contributed by atoms with van der Waals surface area (Å²) in [5.41, 5.74) is 0.826. The van der Waals surface area contributed by atoms with Crippen LogP contribution >= 0.6 is 11.6 Å². The lowest BCUT2D eigenvalue weighted by Crippen LogP contribution is -2.58. The van der Waals surface area contributed by atoms with Crippen molar-refractivity contribution in [1.82, 2.24) is 21.3 Å². The van der Waals surface area contributed by atoms with E-state index in [1.165, 1.54) is 13.2 Å². The minimum absolute atomic E-state index is 0.0232. The zero-order valence-electron chi connectivity index (χ0n) is 43.1. The summed E-state index contributed by atoms with van der Waals surface area (Å²) in [5, 5.41) is 20.6. The van der Waals surface area contributed by atoms with Crippen molar-refractivity contribution in [3.8, 4) is 5.75 Å². The Balaban J connectivity index is 1.47. The minimum atomic E-state index is -1.21. The highest BCUT2D eigenvalue weighted by atomic mass is 35.5. The van der Waals surface area contributed by atoms with Crippen molar-refractivity contribution in [3.63, 3.8) is 0 Å². The number of hydrogen-bond donors (Lipinski definition) is 5. The van der Waals surface area contributed by atoms with Gasteiger partial charge >= 0.3 is 11.9 Å². The molecule has 1 saturated heterocycles. The zero-order valence-corrected chi connectivity index (χ0v) is 43.9. The SMILES string of the molecule is COc1ccc(C[C@H]2NC(=O)/C=C/C[C@@H]([C@H](C)[C@H]3O[C@@H]3c3ccc(CCC(=O)[C@H](C)NC(=O)[C@@H](CC(=O)CCCC(=O)O)C(C)C)cc3)OC(=O)[C@H](CC(C)(C)C)NC(=O)C(C)(C)C(C)NC2=O)cc1Cl. The van der Waals surface area contributed by atoms with Gasteiger partial charge in [0.1, 0.15) is 35.8 Å². The lowest BCUT2D eigenvalue weighted by Gasteiger charge is -2.35. The van der Waals surface area contributed by atoms with Gasteiger partial charge in [-0.1, -0.05) is 89.6 Å². The smallest absolute Gasteiger partial charge is 0.328 e. The summed E-state index contributed by atoms with van der Waals surface area (Å²) in [5.74, 6) is -4.62. The molecule has 4 amide bonds. The molecular weight excluding hydrogens is 932 g/mol. The Bertz CT molecular complexity index is 2270. The van der Waals surface area contributed by atoms with E-state index in [4.69, 9.17) is 30.9 Å². The number of rotatable bonds is 20. The normalized spacial score (nSPS) is 23.7. The molecule has 0 saturated carbocycles. The highest BCUT2D eigenvalue weighted by Gasteiger charge is 2.48. The van der Waals surface area contributed by atoms with E-state index in [-0.39, 0.29) is 92.9 Å². The Labute approximate surface area is 423 Å². The van der Waals surface area contributed by atoms with Gasteiger partial charge in [0.05, 0.1) is 29.7 Å². The maximum atomic E-state index is 14.2. The number of hydrogen-bond acceptors (Lipinski definition) is 11. The molecule has 1 unspecified atom stereocenters. The van der Waals surface area contributed by atoms with Crippen LogP contribution in [0.4, 0.5) is 0 Å². The van der Waals surface area contributed by atoms with Crippen LogP contribution in [-0.2, 0) is 60.7 Å². The first-order chi connectivity index (χ1) is 33.2. The fraction of sp³-hybridized carbons (Fsp3) is 0.593. The van der Waals surface area contributed by atoms with Gasteiger partial charge in [-0.2, -0.15) is 0 Å². The number of ketones is 2. The molecule has 2 aliphatic heterocycles. The third-order valence-corrected chi connectivity index (χ3v) is 13.8. The van der Waals surface area contributed by atoms with Gasteiger partial charge in [-0.25, -0.2) is 4.79 Å². The topological polar surface area (TPSA) is 236 Å². The average Bonchev–Trinajstić information content (AvgIpc) is 4.09. The number of ether oxygens (including phenoxy) is 3. The second-order valence-electron chi connectivity index (χ2n) is 21.2. The van der Waals surface area contributed by atoms with Crippen LogP contribution in [0.3, 0.4) is 0 Å². The fourth-order valence-corrected chi connectivity index (χ4v) is 8.71. The predicted molar refractivity (Wildman–Crippen MR) is 268 cm³/mol. The van der Waals surface area contributed by atoms with Crippen molar-refractivity contribution in [2.45, 2.75) is 170 Å². The van der Waals surface area contributed by atoms with Gasteiger partial charge in [0.2, 0.25) is 23.6 Å². The largest absolute Gasteiger partial charge is 0.495 e. The number of Topliss-reactive ketones (excluding diaryl/α,β-unsaturated/α-hetero) is 2. The second-order valence-corrected chi connectivity index (χ2v) is 21.7. The molecule has 9 atom stereocenters. The van der Waals surface area contributed by atoms with E-state index in [1.54, 1.807) is 52.0 Å². The quantitative estimate of drug-likeness (QED) is 0.0669. The number of carbonyl (C=O) groups excluding carboxylic acids is 7. The molecule has 16 nitrogen and oxygen atoms in total. The summed E-state index contributed by atoms with van der Waals surface area (Å²) in [6.45, 7) is 18.1. The molecule has 17 heteroatoms. The molecule has 1 fully saturated rings. The number of esters is 1. The minimum Gasteiger partial charge on any atom is -0.495 e. The number of amides is 4. The van der Waals surface area contributed by atoms with E-state index in [9.17, 15) is 38.4 Å². The number of carboxylic acids is 1. The van der Waals surface area contributed by atoms with Crippen LogP contribution in [0.15, 0.2) is 54.6 Å². The molecule has 0 radical (unpaired) electrons. The summed E-state index contributed by atoms with van der Waals surface area (Å²) >= 11 is 6.40. The van der Waals surface area contributed by atoms with Crippen LogP contribution in [-0.4, -0.2) is 95.7 Å². The van der Waals surface area contributed by atoms with Crippen LogP contribution in [0, 0.1) is 28.6 Å². The van der Waals surface area contributed by atoms with Crippen molar-refractivity contribution in [1.29, 1.82) is 0 Å². The van der Waals surface area contributed by atoms with Crippen LogP contribution in [0.1, 0.15) is 137 Å². The number of cyclic esters (lactones) is 1. The standard InChI is InChI=1S/C54H75ClN4O12/c1-30(2)38(28-37(60)14-12-17-46(63)64)49(65)56-32(4)42(61)24-20-34-18-22-36(23-19-34)48-47(71-48)31(3)43-15-13-16-45(62)58-40(27-35-21-25-44(69-11)39(55)26-35)50(66)57-33(5)54(9,10)52(68)59-41(51(67)70-43)29-53(6,7)8/h13,16,18-19,21-23,25-26,30-33,38,40-41,43,47-48H,12,14-15,17,20,24,27-29H2,1-11H3,(H,56,65)(H,57,66)(H,58,62)(H,59,68)(H,63,64)/b16-13+/t31-,32-,33?,38-,40+,41-,43-,47+,48+/m0/s1. The summed E-state index contributed by atoms with van der Waals surface area (Å²) in [6, 6.07) is 9.16. The van der Waals surface area contributed by atoms with Crippen molar-refractivity contribution >= 4 is 58.7 Å². The molecule has 2 aromatic rings. The third-order valence-electron chi connectivity index (χ3n) is 13.5. The van der Waals surface area contributed by atoms with Crippen molar-refractivity contribution in [2.75, 3.05) is 7.11 Å². The molecule has 390 valence electrons. The van der Waals surface area contributed by atoms with E-state index >= 15 is 0 Å². The lowest BCUT2D eigenvalue weighted by molar-refractivity contribution is -0.157. The molecule has 0 aromatic heterocycles. The number of carbonyl (C=O) groups is 8. The van der Waals surface area contributed by atoms with Gasteiger partial charge in [0.15, 0.2) is 5.78 Å². The highest BCUT2D eigenvalue weighted by Crippen LogP contribution is 2.45. The molecule has 0 spiro atoms. The van der Waals surface area contributed by atoms with E-state index in [0.29, 0.717) is 22.8 Å². The first-order valence-corrected chi connectivity index (χ1v) is 25.0. The molecule has 4 rings (SSSR count). The van der Waals surface area contributed by atoms with E-state index < -0.39 is 76.7 Å². The van der Waals surface area contributed by atoms with Gasteiger partial charge in [-0.15, -0.1) is 0 Å². The van der Waals surface area contributed by atoms with Gasteiger partial charge in [0.25, 0.3) is 0 Å². The summed E-state index contributed by atoms with van der Waals surface area (Å²) in [4.78, 5) is 105. The Morgan fingerprint density at radius 1 is 0.915 bits per heavy atom. The number of epoxide rings is 1. The van der Waals surface area contributed by atoms with Gasteiger partial charge in [0, 0.05) is 56.4 Å². The van der Waals surface area contributed by atoms with Crippen LogP contribution < -0.4 is 26.0 Å². The Morgan fingerprint density at radius 2 is 1.58 bits per heavy atom. The molecule has 5 N–H and O–H groups in total. The zero-order chi connectivity index (χ0) is 53.0. The fourth-order valence-electron chi connectivity index (χ4n) is 8.43. The van der Waals surface area contributed by atoms with Gasteiger partial charge in [-0.05, 0) is 93.2 Å². The maximum absolute atomic E-state index is 14.2. The molecular formula is C54H75ClN4O12. The molecule has 2 aromatic carbocycles. The molecule has 2 heterocycles. The second kappa shape index (κ2) is 25.7. The summed E-state index contributed by atoms with van der Waals surface area (Å²) in [6.07, 6.45) is 2.60. The predicted octanol–water partition coefficient (Wildman–Crippen LogP) is 6.97. The number of nitrogens with one attached hydrogen (secondary N) is 4. The van der Waals surface area contributed by atoms with E-state index in [0.717, 1.165) is 11.1 Å². The van der Waals surface area contributed by atoms with Gasteiger partial charge < -0.3 is 40.6 Å². The number of aliphatic carboxylic acids is 1. The number of halogens is 1. The molecule has 71 heavy (non-hydrogen) atoms. The molecule has 0 aliphatic carbocycles. The third kappa shape index (κ3) is 17.6. The van der Waals surface area contributed by atoms with Crippen LogP contribution in [0.5, 0.6) is 5.75 Å².